The van der Waals surface area contributed by atoms with Gasteiger partial charge in [-0.2, -0.15) is 5.10 Å². The van der Waals surface area contributed by atoms with E-state index in [1.54, 1.807) is 0 Å². The molecule has 6 nitrogen and oxygen atoms in total. The molecule has 0 aliphatic carbocycles. The Labute approximate surface area is 173 Å². The minimum absolute atomic E-state index is 0.444. The van der Waals surface area contributed by atoms with Crippen molar-refractivity contribution in [1.29, 1.82) is 0 Å². The number of allylic oxidation sites excluding steroid dienone is 1. The van der Waals surface area contributed by atoms with E-state index in [0.717, 1.165) is 49.8 Å². The molecule has 2 fully saturated rings. The molecule has 5 heterocycles. The van der Waals surface area contributed by atoms with E-state index in [0.29, 0.717) is 12.1 Å². The molecule has 0 N–H and O–H groups in total. The Kier molecular flexibility index (Phi) is 4.69. The summed E-state index contributed by atoms with van der Waals surface area (Å²) >= 11 is 0. The first-order chi connectivity index (χ1) is 14.0. The lowest BCUT2D eigenvalue weighted by molar-refractivity contribution is 0.165. The zero-order valence-corrected chi connectivity index (χ0v) is 18.0. The number of anilines is 1. The average Bonchev–Trinajstić information content (AvgIpc) is 3.37. The number of nitrogens with zero attached hydrogens (tertiary/aromatic N) is 6. The first kappa shape index (κ1) is 18.8. The van der Waals surface area contributed by atoms with Crippen LogP contribution in [0.3, 0.4) is 0 Å². The zero-order valence-electron chi connectivity index (χ0n) is 18.0. The molecule has 6 heteroatoms. The summed E-state index contributed by atoms with van der Waals surface area (Å²) in [7, 11) is 0. The summed E-state index contributed by atoms with van der Waals surface area (Å²) in [5, 5.41) is 4.79. The highest BCUT2D eigenvalue weighted by atomic mass is 15.3. The van der Waals surface area contributed by atoms with Gasteiger partial charge in [-0.3, -0.25) is 9.58 Å². The maximum atomic E-state index is 5.01. The number of rotatable bonds is 5. The molecule has 3 aliphatic heterocycles. The maximum Gasteiger partial charge on any atom is 0.225 e. The Morgan fingerprint density at radius 3 is 2.76 bits per heavy atom. The van der Waals surface area contributed by atoms with Gasteiger partial charge in [0.25, 0.3) is 0 Å². The van der Waals surface area contributed by atoms with Gasteiger partial charge in [-0.15, -0.1) is 0 Å². The molecule has 0 radical (unpaired) electrons. The minimum Gasteiger partial charge on any atom is -0.341 e. The Morgan fingerprint density at radius 2 is 2.00 bits per heavy atom. The van der Waals surface area contributed by atoms with Gasteiger partial charge in [0, 0.05) is 61.2 Å². The molecule has 2 bridgehead atoms. The fraction of sp³-hybridized carbons (Fsp3) is 0.609. The summed E-state index contributed by atoms with van der Waals surface area (Å²) in [6.45, 7) is 14.4. The van der Waals surface area contributed by atoms with Crippen LogP contribution in [0.2, 0.25) is 0 Å². The van der Waals surface area contributed by atoms with Crippen molar-refractivity contribution >= 4 is 5.95 Å². The van der Waals surface area contributed by atoms with E-state index in [1.807, 2.05) is 0 Å². The van der Waals surface area contributed by atoms with Crippen LogP contribution < -0.4 is 4.90 Å². The Bertz CT molecular complexity index is 939. The van der Waals surface area contributed by atoms with Crippen LogP contribution in [0.4, 0.5) is 5.95 Å². The van der Waals surface area contributed by atoms with Crippen molar-refractivity contribution in [2.24, 2.45) is 0 Å². The van der Waals surface area contributed by atoms with E-state index >= 15 is 0 Å². The Balaban J connectivity index is 1.40. The topological polar surface area (TPSA) is 50.1 Å². The zero-order chi connectivity index (χ0) is 20.1. The highest BCUT2D eigenvalue weighted by molar-refractivity contribution is 5.38. The molecule has 5 rings (SSSR count). The van der Waals surface area contributed by atoms with E-state index in [-0.39, 0.29) is 0 Å². The van der Waals surface area contributed by atoms with Crippen LogP contribution in [0.25, 0.3) is 0 Å². The summed E-state index contributed by atoms with van der Waals surface area (Å²) in [5.74, 6) is 0.946. The summed E-state index contributed by atoms with van der Waals surface area (Å²) < 4.78 is 2.11. The van der Waals surface area contributed by atoms with Crippen LogP contribution in [-0.4, -0.2) is 43.8 Å². The van der Waals surface area contributed by atoms with Crippen LogP contribution in [-0.2, 0) is 19.5 Å². The van der Waals surface area contributed by atoms with Crippen LogP contribution in [0.1, 0.15) is 66.9 Å². The second-order valence-electron chi connectivity index (χ2n) is 9.15. The second-order valence-corrected chi connectivity index (χ2v) is 9.15. The minimum atomic E-state index is 0.444. The summed E-state index contributed by atoms with van der Waals surface area (Å²) in [6.07, 6.45) is 8.15. The van der Waals surface area contributed by atoms with Gasteiger partial charge in [0.15, 0.2) is 0 Å². The van der Waals surface area contributed by atoms with Gasteiger partial charge >= 0.3 is 0 Å². The molecule has 29 heavy (non-hydrogen) atoms. The molecular formula is C23H32N6. The lowest BCUT2D eigenvalue weighted by Gasteiger charge is -2.36. The van der Waals surface area contributed by atoms with Gasteiger partial charge < -0.3 is 4.90 Å². The molecule has 2 atom stereocenters. The molecule has 0 amide bonds. The van der Waals surface area contributed by atoms with E-state index in [2.05, 4.69) is 48.0 Å². The average molecular weight is 393 g/mol. The molecule has 2 aromatic rings. The smallest absolute Gasteiger partial charge is 0.225 e. The van der Waals surface area contributed by atoms with Crippen molar-refractivity contribution in [2.45, 2.75) is 78.0 Å². The number of aromatic nitrogens is 4. The van der Waals surface area contributed by atoms with Crippen LogP contribution in [0.5, 0.6) is 0 Å². The molecular weight excluding hydrogens is 360 g/mol. The second kappa shape index (κ2) is 7.24. The maximum absolute atomic E-state index is 5.01. The van der Waals surface area contributed by atoms with E-state index < -0.39 is 0 Å². The monoisotopic (exact) mass is 392 g/mol. The number of aryl methyl sites for hydroxylation is 1. The summed E-state index contributed by atoms with van der Waals surface area (Å²) in [4.78, 5) is 14.8. The van der Waals surface area contributed by atoms with Crippen molar-refractivity contribution < 1.29 is 0 Å². The van der Waals surface area contributed by atoms with Gasteiger partial charge in [0.2, 0.25) is 5.95 Å². The predicted molar refractivity (Wildman–Crippen MR) is 115 cm³/mol. The number of hydrogen-bond donors (Lipinski definition) is 0. The molecule has 2 saturated heterocycles. The molecule has 154 valence electrons. The lowest BCUT2D eigenvalue weighted by Crippen LogP contribution is -2.38. The molecule has 0 spiro atoms. The number of fused-ring (bicyclic) bond motifs is 4. The fourth-order valence-electron chi connectivity index (χ4n) is 5.43. The van der Waals surface area contributed by atoms with Gasteiger partial charge in [-0.1, -0.05) is 12.2 Å². The third kappa shape index (κ3) is 3.27. The highest BCUT2D eigenvalue weighted by Crippen LogP contribution is 2.44. The Morgan fingerprint density at radius 1 is 1.21 bits per heavy atom. The van der Waals surface area contributed by atoms with Crippen molar-refractivity contribution in [3.05, 3.63) is 46.6 Å². The summed E-state index contributed by atoms with van der Waals surface area (Å²) in [6, 6.07) is 1.02. The normalized spacial score (nSPS) is 23.6. The third-order valence-corrected chi connectivity index (χ3v) is 7.00. The van der Waals surface area contributed by atoms with Gasteiger partial charge in [-0.25, -0.2) is 9.97 Å². The highest BCUT2D eigenvalue weighted by Gasteiger charge is 2.41. The van der Waals surface area contributed by atoms with E-state index in [9.17, 15) is 0 Å². The van der Waals surface area contributed by atoms with E-state index in [1.165, 1.54) is 48.2 Å². The van der Waals surface area contributed by atoms with Gasteiger partial charge in [-0.05, 0) is 46.5 Å². The number of hydrogen-bond acceptors (Lipinski definition) is 5. The molecule has 0 aromatic carbocycles. The summed E-state index contributed by atoms with van der Waals surface area (Å²) in [5.41, 5.74) is 7.58. The molecule has 3 aliphatic rings. The van der Waals surface area contributed by atoms with Crippen molar-refractivity contribution in [1.82, 2.24) is 24.6 Å². The molecule has 0 saturated carbocycles. The van der Waals surface area contributed by atoms with E-state index in [4.69, 9.17) is 15.1 Å². The SMILES string of the molecule is C=C(C)Cn1nc(C)c(CN2C3CCC2c2cnc(N4CCCC4)nc2C3)c1C. The van der Waals surface area contributed by atoms with Crippen LogP contribution in [0, 0.1) is 13.8 Å². The quantitative estimate of drug-likeness (QED) is 0.726. The van der Waals surface area contributed by atoms with Crippen LogP contribution in [0.15, 0.2) is 18.3 Å². The van der Waals surface area contributed by atoms with Crippen molar-refractivity contribution in [3.8, 4) is 0 Å². The Hall–Kier alpha value is -2.21. The fourth-order valence-corrected chi connectivity index (χ4v) is 5.43. The molecule has 2 aromatic heterocycles. The standard InChI is InChI=1S/C23H32N6/c1-15(2)13-29-17(4)20(16(3)26-29)14-28-18-7-8-22(28)19-12-24-23(25-21(19)11-18)27-9-5-6-10-27/h12,18,22H,1,5-11,13-14H2,2-4H3. The van der Waals surface area contributed by atoms with Crippen LogP contribution >= 0.6 is 0 Å². The third-order valence-electron chi connectivity index (χ3n) is 7.00. The first-order valence-corrected chi connectivity index (χ1v) is 11.0. The first-order valence-electron chi connectivity index (χ1n) is 11.0. The van der Waals surface area contributed by atoms with Gasteiger partial charge in [0.1, 0.15) is 0 Å². The largest absolute Gasteiger partial charge is 0.341 e. The van der Waals surface area contributed by atoms with Crippen molar-refractivity contribution in [2.75, 3.05) is 18.0 Å². The van der Waals surface area contributed by atoms with Gasteiger partial charge in [0.05, 0.1) is 17.9 Å². The molecule has 2 unspecified atom stereocenters. The van der Waals surface area contributed by atoms with Crippen molar-refractivity contribution in [3.63, 3.8) is 0 Å². The predicted octanol–water partition coefficient (Wildman–Crippen LogP) is 3.73. The lowest BCUT2D eigenvalue weighted by atomic mass is 9.98.